The van der Waals surface area contributed by atoms with Crippen molar-refractivity contribution in [3.8, 4) is 17.2 Å². The molecule has 4 heteroatoms. The van der Waals surface area contributed by atoms with E-state index in [-0.39, 0.29) is 0 Å². The number of unbranched alkanes of at least 4 members (excludes halogenated alkanes) is 54. The van der Waals surface area contributed by atoms with Crippen molar-refractivity contribution in [2.75, 3.05) is 0 Å². The van der Waals surface area contributed by atoms with Gasteiger partial charge in [-0.3, -0.25) is 0 Å². The van der Waals surface area contributed by atoms with Gasteiger partial charge in [-0.25, -0.2) is 0 Å². The maximum atomic E-state index is 7.71. The monoisotopic (exact) mass is 1360 g/mol. The molecule has 3 aromatic carbocycles. The Labute approximate surface area is 608 Å². The first-order valence-electron chi connectivity index (χ1n) is 44.0. The summed E-state index contributed by atoms with van der Waals surface area (Å²) < 4.78 is 23.1. The third-order valence-electron chi connectivity index (χ3n) is 22.1. The molecule has 0 amide bonds. The Morgan fingerprint density at radius 2 is 0.309 bits per heavy atom. The molecule has 0 heterocycles. The lowest BCUT2D eigenvalue weighted by atomic mass is 9.92. The standard InChI is InChI=1S/C93H165O3P/c1-10-16-22-28-34-40-46-52-58-64-70-85-82(7)76-79-91(88(85)73-67-61-55-49-43-37-31-25-19-13-4)94-97(95-92-80-77-83(8)86(71-65-59-53-47-41-35-29-23-17-11-2)89(92)74-68-62-56-50-44-38-32-26-20-14-5)96-93-81-78-84(9)87(72-66-60-54-48-42-36-30-24-18-12-3)90(93)75-69-63-57-51-45-39-33-27-21-15-6/h76-81H,10-75H2,1-9H3. The fourth-order valence-electron chi connectivity index (χ4n) is 15.5. The summed E-state index contributed by atoms with van der Waals surface area (Å²) in [6.45, 7) is 21.2. The molecule has 3 rings (SSSR count). The number of aryl methyl sites for hydroxylation is 3. The first-order chi connectivity index (χ1) is 47.8. The fraction of sp³-hybridized carbons (Fsp3) is 0.806. The van der Waals surface area contributed by atoms with Crippen LogP contribution in [0.1, 0.15) is 477 Å². The summed E-state index contributed by atoms with van der Waals surface area (Å²) >= 11 is 0. The highest BCUT2D eigenvalue weighted by Crippen LogP contribution is 2.48. The molecule has 0 aliphatic carbocycles. The second-order valence-electron chi connectivity index (χ2n) is 31.1. The highest BCUT2D eigenvalue weighted by molar-refractivity contribution is 7.43. The van der Waals surface area contributed by atoms with E-state index in [2.05, 4.69) is 98.7 Å². The van der Waals surface area contributed by atoms with Gasteiger partial charge >= 0.3 is 8.60 Å². The molecule has 0 aliphatic rings. The molecule has 560 valence electrons. The number of rotatable bonds is 72. The van der Waals surface area contributed by atoms with E-state index in [9.17, 15) is 0 Å². The van der Waals surface area contributed by atoms with E-state index >= 15 is 0 Å². The van der Waals surface area contributed by atoms with Crippen LogP contribution in [0.4, 0.5) is 0 Å². The van der Waals surface area contributed by atoms with Crippen LogP contribution in [0.3, 0.4) is 0 Å². The van der Waals surface area contributed by atoms with Crippen LogP contribution in [0.2, 0.25) is 0 Å². The van der Waals surface area contributed by atoms with Crippen molar-refractivity contribution in [2.24, 2.45) is 0 Å². The van der Waals surface area contributed by atoms with Gasteiger partial charge in [0.25, 0.3) is 0 Å². The smallest absolute Gasteiger partial charge is 0.408 e. The topological polar surface area (TPSA) is 27.7 Å². The molecule has 0 aliphatic heterocycles. The van der Waals surface area contributed by atoms with E-state index in [1.54, 1.807) is 0 Å². The molecule has 0 fully saturated rings. The molecular formula is C93H165O3P. The van der Waals surface area contributed by atoms with E-state index in [0.717, 1.165) is 55.8 Å². The lowest BCUT2D eigenvalue weighted by molar-refractivity contribution is 0.381. The predicted octanol–water partition coefficient (Wildman–Crippen LogP) is 33.2. The van der Waals surface area contributed by atoms with Gasteiger partial charge in [0.15, 0.2) is 0 Å². The average Bonchev–Trinajstić information content (AvgIpc) is 0.827. The Hall–Kier alpha value is -2.51. The molecule has 0 saturated heterocycles. The zero-order valence-corrected chi connectivity index (χ0v) is 67.7. The normalized spacial score (nSPS) is 11.7. The lowest BCUT2D eigenvalue weighted by Crippen LogP contribution is -2.10. The SMILES string of the molecule is CCCCCCCCCCCCc1c(C)ccc(OP(Oc2ccc(C)c(CCCCCCCCCCCC)c2CCCCCCCCCCCC)Oc2ccc(C)c(CCCCCCCCCCCC)c2CCCCCCCCCCCC)c1CCCCCCCCCCCC. The zero-order chi connectivity index (χ0) is 69.5. The van der Waals surface area contributed by atoms with Gasteiger partial charge in [-0.05, 0) is 166 Å². The number of hydrogen-bond donors (Lipinski definition) is 0. The van der Waals surface area contributed by atoms with Gasteiger partial charge in [-0.15, -0.1) is 0 Å². The van der Waals surface area contributed by atoms with Crippen molar-refractivity contribution < 1.29 is 13.6 Å². The molecule has 3 nitrogen and oxygen atoms in total. The van der Waals surface area contributed by atoms with Gasteiger partial charge in [0.1, 0.15) is 17.2 Å². The zero-order valence-electron chi connectivity index (χ0n) is 66.8. The van der Waals surface area contributed by atoms with Crippen molar-refractivity contribution in [2.45, 2.75) is 486 Å². The van der Waals surface area contributed by atoms with Crippen LogP contribution in [0.5, 0.6) is 17.2 Å². The molecule has 0 bridgehead atoms. The number of benzene rings is 3. The largest absolute Gasteiger partial charge is 0.530 e. The first kappa shape index (κ1) is 88.7. The van der Waals surface area contributed by atoms with Crippen LogP contribution >= 0.6 is 8.60 Å². The van der Waals surface area contributed by atoms with Gasteiger partial charge < -0.3 is 13.6 Å². The Bertz CT molecular complexity index is 1980. The summed E-state index contributed by atoms with van der Waals surface area (Å²) in [6, 6.07) is 14.2. The second kappa shape index (κ2) is 64.3. The van der Waals surface area contributed by atoms with Gasteiger partial charge in [-0.1, -0.05) is 406 Å². The molecule has 0 saturated carbocycles. The molecule has 0 N–H and O–H groups in total. The van der Waals surface area contributed by atoms with Gasteiger partial charge in [-0.2, -0.15) is 0 Å². The third kappa shape index (κ3) is 44.6. The summed E-state index contributed by atoms with van der Waals surface area (Å²) in [5, 5.41) is 0. The highest BCUT2D eigenvalue weighted by atomic mass is 31.2. The molecule has 0 aromatic heterocycles. The molecule has 0 spiro atoms. The van der Waals surface area contributed by atoms with Crippen LogP contribution in [0.25, 0.3) is 0 Å². The molecule has 0 radical (unpaired) electrons. The fourth-order valence-corrected chi connectivity index (χ4v) is 16.6. The van der Waals surface area contributed by atoms with Crippen molar-refractivity contribution in [3.05, 3.63) is 86.5 Å². The molecular weight excluding hydrogens is 1200 g/mol. The molecule has 0 atom stereocenters. The summed E-state index contributed by atoms with van der Waals surface area (Å²) in [4.78, 5) is 0. The number of hydrogen-bond acceptors (Lipinski definition) is 3. The van der Waals surface area contributed by atoms with Gasteiger partial charge in [0.05, 0.1) is 0 Å². The van der Waals surface area contributed by atoms with E-state index in [1.807, 2.05) is 0 Å². The summed E-state index contributed by atoms with van der Waals surface area (Å²) in [5.74, 6) is 3.04. The third-order valence-corrected chi connectivity index (χ3v) is 23.1. The van der Waals surface area contributed by atoms with Crippen LogP contribution in [0.15, 0.2) is 36.4 Å². The van der Waals surface area contributed by atoms with Crippen molar-refractivity contribution in [1.29, 1.82) is 0 Å². The van der Waals surface area contributed by atoms with Crippen LogP contribution in [0, 0.1) is 20.8 Å². The summed E-state index contributed by atoms with van der Waals surface area (Å²) in [6.07, 6.45) is 87.8. The summed E-state index contributed by atoms with van der Waals surface area (Å²) in [5.41, 5.74) is 13.2. The van der Waals surface area contributed by atoms with Crippen molar-refractivity contribution in [1.82, 2.24) is 0 Å². The maximum absolute atomic E-state index is 7.71. The summed E-state index contributed by atoms with van der Waals surface area (Å²) in [7, 11) is -1.89. The molecule has 0 unspecified atom stereocenters. The van der Waals surface area contributed by atoms with Crippen LogP contribution < -0.4 is 13.6 Å². The van der Waals surface area contributed by atoms with Gasteiger partial charge in [0.2, 0.25) is 0 Å². The van der Waals surface area contributed by atoms with Crippen LogP contribution in [-0.4, -0.2) is 0 Å². The van der Waals surface area contributed by atoms with E-state index in [4.69, 9.17) is 13.6 Å². The van der Waals surface area contributed by atoms with Crippen molar-refractivity contribution in [3.63, 3.8) is 0 Å². The highest BCUT2D eigenvalue weighted by Gasteiger charge is 2.28. The second-order valence-corrected chi connectivity index (χ2v) is 32.1. The maximum Gasteiger partial charge on any atom is 0.530 e. The lowest BCUT2D eigenvalue weighted by Gasteiger charge is -2.26. The van der Waals surface area contributed by atoms with Gasteiger partial charge in [0, 0.05) is 0 Å². The average molecular weight is 1360 g/mol. The Morgan fingerprint density at radius 3 is 0.464 bits per heavy atom. The van der Waals surface area contributed by atoms with E-state index in [1.165, 1.54) is 435 Å². The minimum Gasteiger partial charge on any atom is -0.408 e. The Balaban J connectivity index is 2.15. The van der Waals surface area contributed by atoms with Crippen molar-refractivity contribution >= 4 is 8.60 Å². The van der Waals surface area contributed by atoms with E-state index in [0.29, 0.717) is 0 Å². The Morgan fingerprint density at radius 1 is 0.175 bits per heavy atom. The predicted molar refractivity (Wildman–Crippen MR) is 436 cm³/mol. The van der Waals surface area contributed by atoms with E-state index < -0.39 is 8.60 Å². The minimum atomic E-state index is -1.89. The minimum absolute atomic E-state index is 1.01. The molecule has 97 heavy (non-hydrogen) atoms. The first-order valence-corrected chi connectivity index (χ1v) is 45.1. The Kier molecular flexibility index (Phi) is 58.8. The quantitative estimate of drug-likeness (QED) is 0.0416. The van der Waals surface area contributed by atoms with Crippen LogP contribution in [-0.2, 0) is 38.5 Å². The molecule has 3 aromatic rings.